The van der Waals surface area contributed by atoms with Crippen molar-refractivity contribution in [1.82, 2.24) is 20.3 Å². The Balaban J connectivity index is 1.55. The highest BCUT2D eigenvalue weighted by molar-refractivity contribution is 5.97. The highest BCUT2D eigenvalue weighted by Crippen LogP contribution is 2.27. The van der Waals surface area contributed by atoms with Crippen LogP contribution < -0.4 is 30.2 Å². The molecule has 0 aliphatic carbocycles. The van der Waals surface area contributed by atoms with E-state index < -0.39 is 0 Å². The molecule has 3 N–H and O–H groups in total. The number of hydrogen-bond acceptors (Lipinski definition) is 9. The molecular weight excluding hydrogens is 534 g/mol. The van der Waals surface area contributed by atoms with Gasteiger partial charge in [-0.15, -0.1) is 0 Å². The van der Waals surface area contributed by atoms with Crippen LogP contribution in [0.25, 0.3) is 0 Å². The van der Waals surface area contributed by atoms with Crippen molar-refractivity contribution in [2.75, 3.05) is 64.7 Å². The van der Waals surface area contributed by atoms with Crippen LogP contribution in [-0.4, -0.2) is 79.4 Å². The zero-order valence-corrected chi connectivity index (χ0v) is 25.2. The van der Waals surface area contributed by atoms with Crippen LogP contribution in [0, 0.1) is 0 Å². The van der Waals surface area contributed by atoms with Crippen LogP contribution in [0.15, 0.2) is 42.5 Å². The number of nitrogens with zero attached hydrogens (tertiary/aromatic N) is 4. The second-order valence-corrected chi connectivity index (χ2v) is 11.3. The number of ether oxygens (including phenoxy) is 3. The first-order chi connectivity index (χ1) is 20.3. The maximum absolute atomic E-state index is 13.1. The number of nitrogens with one attached hydrogen (secondary N) is 3. The summed E-state index contributed by atoms with van der Waals surface area (Å²) in [7, 11) is 6.42. The van der Waals surface area contributed by atoms with Crippen molar-refractivity contribution in [3.05, 3.63) is 53.6 Å². The van der Waals surface area contributed by atoms with Crippen molar-refractivity contribution >= 4 is 23.5 Å². The summed E-state index contributed by atoms with van der Waals surface area (Å²) in [6.45, 7) is 5.54. The molecule has 1 aromatic heterocycles. The minimum absolute atomic E-state index is 0.155. The van der Waals surface area contributed by atoms with Crippen LogP contribution in [0.4, 0.5) is 17.6 Å². The molecule has 11 heteroatoms. The minimum atomic E-state index is -0.155. The quantitative estimate of drug-likeness (QED) is 0.269. The first kappa shape index (κ1) is 30.8. The molecule has 11 nitrogen and oxygen atoms in total. The predicted molar refractivity (Wildman–Crippen MR) is 164 cm³/mol. The first-order valence-electron chi connectivity index (χ1n) is 14.8. The minimum Gasteiger partial charge on any atom is -0.494 e. The van der Waals surface area contributed by atoms with E-state index in [2.05, 4.69) is 52.0 Å². The van der Waals surface area contributed by atoms with Crippen molar-refractivity contribution in [3.8, 4) is 17.5 Å². The molecule has 0 saturated heterocycles. The van der Waals surface area contributed by atoms with Crippen LogP contribution in [0.5, 0.6) is 17.5 Å². The van der Waals surface area contributed by atoms with E-state index in [1.807, 2.05) is 43.3 Å². The van der Waals surface area contributed by atoms with Gasteiger partial charge in [-0.05, 0) is 62.4 Å². The lowest BCUT2D eigenvalue weighted by molar-refractivity contribution is -0.870. The molecule has 42 heavy (non-hydrogen) atoms. The molecule has 2 aromatic carbocycles. The lowest BCUT2D eigenvalue weighted by Gasteiger charge is -2.23. The fraction of sp³-hybridized carbons (Fsp3) is 0.484. The van der Waals surface area contributed by atoms with Gasteiger partial charge < -0.3 is 34.6 Å². The number of amides is 1. The van der Waals surface area contributed by atoms with Gasteiger partial charge in [0.2, 0.25) is 11.9 Å². The molecule has 0 fully saturated rings. The van der Waals surface area contributed by atoms with E-state index in [0.717, 1.165) is 54.4 Å². The molecule has 1 amide bonds. The molecule has 5 rings (SSSR count). The highest BCUT2D eigenvalue weighted by atomic mass is 16.5. The van der Waals surface area contributed by atoms with E-state index >= 15 is 0 Å². The largest absolute Gasteiger partial charge is 0.494 e. The van der Waals surface area contributed by atoms with Gasteiger partial charge in [0.15, 0.2) is 0 Å². The maximum Gasteiger partial charge on any atom is 0.323 e. The molecule has 2 aliphatic heterocycles. The maximum atomic E-state index is 13.1. The third kappa shape index (κ3) is 10.1. The van der Waals surface area contributed by atoms with Crippen LogP contribution in [-0.2, 0) is 6.54 Å². The van der Waals surface area contributed by atoms with E-state index in [9.17, 15) is 4.79 Å². The number of fused-ring (bicyclic) bond motifs is 10. The second kappa shape index (κ2) is 15.2. The smallest absolute Gasteiger partial charge is 0.323 e. The Labute approximate surface area is 248 Å². The van der Waals surface area contributed by atoms with Crippen molar-refractivity contribution in [3.63, 3.8) is 0 Å². The SMILES string of the molecule is CCOc1nc2nc(n1)Nc1ccc(C(=O)NCCC[N+](C)(C)C)c(c1)OCCCCCCOc1ccc(cc1)CN2. The van der Waals surface area contributed by atoms with E-state index in [-0.39, 0.29) is 11.9 Å². The third-order valence-electron chi connectivity index (χ3n) is 6.60. The first-order valence-corrected chi connectivity index (χ1v) is 14.8. The highest BCUT2D eigenvalue weighted by Gasteiger charge is 2.16. The van der Waals surface area contributed by atoms with Gasteiger partial charge in [0.25, 0.3) is 5.91 Å². The molecule has 0 spiro atoms. The molecule has 226 valence electrons. The summed E-state index contributed by atoms with van der Waals surface area (Å²) in [4.78, 5) is 26.5. The number of carbonyl (C=O) groups is 1. The van der Waals surface area contributed by atoms with Gasteiger partial charge in [-0.3, -0.25) is 4.79 Å². The summed E-state index contributed by atoms with van der Waals surface area (Å²) < 4.78 is 18.5. The van der Waals surface area contributed by atoms with Crippen LogP contribution in [0.1, 0.15) is 54.9 Å². The van der Waals surface area contributed by atoms with E-state index in [0.29, 0.717) is 61.8 Å². The van der Waals surface area contributed by atoms with Gasteiger partial charge in [0, 0.05) is 31.3 Å². The molecule has 6 bridgehead atoms. The number of benzene rings is 2. The molecule has 0 unspecified atom stereocenters. The normalized spacial score (nSPS) is 14.3. The van der Waals surface area contributed by atoms with E-state index in [1.165, 1.54) is 0 Å². The number of anilines is 3. The van der Waals surface area contributed by atoms with Crippen LogP contribution >= 0.6 is 0 Å². The molecule has 0 saturated carbocycles. The van der Waals surface area contributed by atoms with Gasteiger partial charge in [-0.25, -0.2) is 0 Å². The average Bonchev–Trinajstić information content (AvgIpc) is 2.95. The molecule has 3 aromatic rings. The molecule has 0 atom stereocenters. The number of rotatable bonds is 7. The second-order valence-electron chi connectivity index (χ2n) is 11.3. The average molecular weight is 579 g/mol. The molecular formula is C31H44N7O4+. The van der Waals surface area contributed by atoms with Crippen molar-refractivity contribution in [2.24, 2.45) is 0 Å². The molecule has 2 aliphatic rings. The Morgan fingerprint density at radius 2 is 1.69 bits per heavy atom. The van der Waals surface area contributed by atoms with Gasteiger partial charge in [-0.2, -0.15) is 15.0 Å². The molecule has 3 heterocycles. The fourth-order valence-electron chi connectivity index (χ4n) is 4.39. The summed E-state index contributed by atoms with van der Waals surface area (Å²) in [6, 6.07) is 13.6. The number of hydrogen-bond donors (Lipinski definition) is 3. The standard InChI is InChI=1S/C31H43N7O4/c1-5-40-31-36-29-33-22-23-11-14-25(15-12-23)41-19-8-6-7-9-20-42-27-21-24(34-30(35-29)37-31)13-16-26(27)28(39)32-17-10-18-38(2,3)4/h11-16,21H,5-10,17-20,22H2,1-4H3,(H2-,32,33,34,35,36,37,39)/p+1. The van der Waals surface area contributed by atoms with E-state index in [1.54, 1.807) is 6.07 Å². The van der Waals surface area contributed by atoms with Gasteiger partial charge in [0.05, 0.1) is 53.1 Å². The van der Waals surface area contributed by atoms with Crippen LogP contribution in [0.3, 0.4) is 0 Å². The zero-order valence-electron chi connectivity index (χ0n) is 25.2. The molecule has 0 radical (unpaired) electrons. The zero-order chi connectivity index (χ0) is 29.8. The van der Waals surface area contributed by atoms with E-state index in [4.69, 9.17) is 14.2 Å². The Hall–Kier alpha value is -4.12. The van der Waals surface area contributed by atoms with Gasteiger partial charge in [-0.1, -0.05) is 12.1 Å². The number of carbonyl (C=O) groups excluding carboxylic acids is 1. The van der Waals surface area contributed by atoms with Crippen molar-refractivity contribution in [2.45, 2.75) is 45.6 Å². The Morgan fingerprint density at radius 3 is 2.43 bits per heavy atom. The van der Waals surface area contributed by atoms with Crippen molar-refractivity contribution < 1.29 is 23.5 Å². The van der Waals surface area contributed by atoms with Crippen molar-refractivity contribution in [1.29, 1.82) is 0 Å². The number of aromatic nitrogens is 3. The Bertz CT molecular complexity index is 1300. The topological polar surface area (TPSA) is 120 Å². The van der Waals surface area contributed by atoms with Gasteiger partial charge in [0.1, 0.15) is 11.5 Å². The van der Waals surface area contributed by atoms with Crippen LogP contribution in [0.2, 0.25) is 0 Å². The fourth-order valence-corrected chi connectivity index (χ4v) is 4.39. The summed E-state index contributed by atoms with van der Waals surface area (Å²) >= 11 is 0. The monoisotopic (exact) mass is 578 g/mol. The lowest BCUT2D eigenvalue weighted by atomic mass is 10.1. The summed E-state index contributed by atoms with van der Waals surface area (Å²) in [5.74, 6) is 1.90. The summed E-state index contributed by atoms with van der Waals surface area (Å²) in [5.41, 5.74) is 2.24. The third-order valence-corrected chi connectivity index (χ3v) is 6.60. The lowest BCUT2D eigenvalue weighted by Crippen LogP contribution is -2.37. The summed E-state index contributed by atoms with van der Waals surface area (Å²) in [6.07, 6.45) is 4.77. The predicted octanol–water partition coefficient (Wildman–Crippen LogP) is 4.78. The Morgan fingerprint density at radius 1 is 0.952 bits per heavy atom. The Kier molecular flexibility index (Phi) is 11.2. The summed E-state index contributed by atoms with van der Waals surface area (Å²) in [5, 5.41) is 9.53. The number of quaternary nitrogens is 1. The van der Waals surface area contributed by atoms with Gasteiger partial charge >= 0.3 is 6.01 Å².